The van der Waals surface area contributed by atoms with Gasteiger partial charge in [-0.25, -0.2) is 14.8 Å². The van der Waals surface area contributed by atoms with Crippen molar-refractivity contribution >= 4 is 12.0 Å². The van der Waals surface area contributed by atoms with Crippen LogP contribution in [-0.2, 0) is 0 Å². The zero-order valence-corrected chi connectivity index (χ0v) is 8.32. The van der Waals surface area contributed by atoms with E-state index >= 15 is 0 Å². The van der Waals surface area contributed by atoms with Crippen molar-refractivity contribution in [3.8, 4) is 0 Å². The van der Waals surface area contributed by atoms with Gasteiger partial charge < -0.3 is 5.32 Å². The van der Waals surface area contributed by atoms with Gasteiger partial charge in [-0.05, 0) is 19.4 Å². The third-order valence-electron chi connectivity index (χ3n) is 1.78. The van der Waals surface area contributed by atoms with Crippen molar-refractivity contribution in [2.45, 2.75) is 26.3 Å². The van der Waals surface area contributed by atoms with Crippen LogP contribution in [0.5, 0.6) is 0 Å². The number of hydrogen-bond donors (Lipinski definition) is 2. The van der Waals surface area contributed by atoms with Crippen molar-refractivity contribution < 1.29 is 4.79 Å². The van der Waals surface area contributed by atoms with E-state index in [1.165, 1.54) is 0 Å². The first kappa shape index (κ1) is 10.4. The van der Waals surface area contributed by atoms with E-state index < -0.39 is 0 Å². The smallest absolute Gasteiger partial charge is 0.321 e. The molecular formula is C9H14N4O. The van der Waals surface area contributed by atoms with Gasteiger partial charge in [-0.2, -0.15) is 0 Å². The van der Waals surface area contributed by atoms with E-state index in [9.17, 15) is 4.79 Å². The summed E-state index contributed by atoms with van der Waals surface area (Å²) in [6, 6.07) is 1.57. The van der Waals surface area contributed by atoms with Gasteiger partial charge in [0.1, 0.15) is 0 Å². The Bertz CT molecular complexity index is 288. The number of amides is 2. The molecule has 0 spiro atoms. The zero-order valence-electron chi connectivity index (χ0n) is 8.32. The molecule has 0 aromatic carbocycles. The van der Waals surface area contributed by atoms with E-state index in [4.69, 9.17) is 0 Å². The van der Waals surface area contributed by atoms with Crippen LogP contribution in [0.15, 0.2) is 18.5 Å². The van der Waals surface area contributed by atoms with Crippen LogP contribution in [-0.4, -0.2) is 22.0 Å². The highest BCUT2D eigenvalue weighted by molar-refractivity contribution is 5.87. The van der Waals surface area contributed by atoms with Crippen molar-refractivity contribution in [2.75, 3.05) is 5.32 Å². The molecule has 5 heteroatoms. The van der Waals surface area contributed by atoms with Crippen LogP contribution in [0.1, 0.15) is 20.3 Å². The van der Waals surface area contributed by atoms with E-state index in [0.717, 1.165) is 6.42 Å². The molecule has 2 N–H and O–H groups in total. The summed E-state index contributed by atoms with van der Waals surface area (Å²) in [5, 5.41) is 5.28. The number of nitrogens with one attached hydrogen (secondary N) is 2. The van der Waals surface area contributed by atoms with Gasteiger partial charge in [0.05, 0.1) is 0 Å². The number of carbonyl (C=O) groups is 1. The van der Waals surface area contributed by atoms with E-state index in [0.29, 0.717) is 5.95 Å². The van der Waals surface area contributed by atoms with Crippen LogP contribution in [0.4, 0.5) is 10.7 Å². The lowest BCUT2D eigenvalue weighted by Gasteiger charge is -2.11. The molecule has 1 atom stereocenters. The highest BCUT2D eigenvalue weighted by Gasteiger charge is 2.05. The van der Waals surface area contributed by atoms with E-state index in [1.807, 2.05) is 13.8 Å². The van der Waals surface area contributed by atoms with Gasteiger partial charge in [-0.15, -0.1) is 0 Å². The Balaban J connectivity index is 2.42. The highest BCUT2D eigenvalue weighted by Crippen LogP contribution is 1.94. The van der Waals surface area contributed by atoms with Gasteiger partial charge in [-0.1, -0.05) is 6.92 Å². The Kier molecular flexibility index (Phi) is 3.84. The molecule has 0 fully saturated rings. The molecule has 1 heterocycles. The summed E-state index contributed by atoms with van der Waals surface area (Å²) in [5.74, 6) is 0.313. The first-order valence-corrected chi connectivity index (χ1v) is 4.57. The van der Waals surface area contributed by atoms with Gasteiger partial charge in [-0.3, -0.25) is 5.32 Å². The third-order valence-corrected chi connectivity index (χ3v) is 1.78. The van der Waals surface area contributed by atoms with Crippen LogP contribution >= 0.6 is 0 Å². The number of aromatic nitrogens is 2. The summed E-state index contributed by atoms with van der Waals surface area (Å²) < 4.78 is 0. The predicted molar refractivity (Wildman–Crippen MR) is 53.9 cm³/mol. The fourth-order valence-electron chi connectivity index (χ4n) is 0.827. The number of hydrogen-bond acceptors (Lipinski definition) is 3. The lowest BCUT2D eigenvalue weighted by molar-refractivity contribution is 0.249. The normalized spacial score (nSPS) is 11.9. The summed E-state index contributed by atoms with van der Waals surface area (Å²) in [4.78, 5) is 19.0. The van der Waals surface area contributed by atoms with E-state index in [1.54, 1.807) is 18.5 Å². The van der Waals surface area contributed by atoms with Gasteiger partial charge in [0.25, 0.3) is 0 Å². The van der Waals surface area contributed by atoms with Crippen molar-refractivity contribution in [2.24, 2.45) is 0 Å². The molecule has 2 amide bonds. The first-order valence-electron chi connectivity index (χ1n) is 4.57. The molecule has 14 heavy (non-hydrogen) atoms. The highest BCUT2D eigenvalue weighted by atomic mass is 16.2. The Morgan fingerprint density at radius 3 is 2.71 bits per heavy atom. The van der Waals surface area contributed by atoms with Crippen LogP contribution in [0.25, 0.3) is 0 Å². The lowest BCUT2D eigenvalue weighted by Crippen LogP contribution is -2.36. The van der Waals surface area contributed by atoms with Crippen molar-refractivity contribution in [3.63, 3.8) is 0 Å². The number of anilines is 1. The average Bonchev–Trinajstić information content (AvgIpc) is 2.19. The molecule has 0 aliphatic carbocycles. The van der Waals surface area contributed by atoms with Crippen molar-refractivity contribution in [1.82, 2.24) is 15.3 Å². The Labute approximate surface area is 83.0 Å². The van der Waals surface area contributed by atoms with Crippen molar-refractivity contribution in [3.05, 3.63) is 18.5 Å². The van der Waals surface area contributed by atoms with Crippen LogP contribution in [0.3, 0.4) is 0 Å². The fourth-order valence-corrected chi connectivity index (χ4v) is 0.827. The van der Waals surface area contributed by atoms with Crippen LogP contribution < -0.4 is 10.6 Å². The quantitative estimate of drug-likeness (QED) is 0.764. The summed E-state index contributed by atoms with van der Waals surface area (Å²) in [7, 11) is 0. The standard InChI is InChI=1S/C9H14N4O/c1-3-7(2)12-9(14)13-8-10-5-4-6-11-8/h4-7H,3H2,1-2H3,(H2,10,11,12,13,14). The second-order valence-electron chi connectivity index (χ2n) is 2.98. The first-order chi connectivity index (χ1) is 6.72. The van der Waals surface area contributed by atoms with Gasteiger partial charge in [0.15, 0.2) is 0 Å². The largest absolute Gasteiger partial charge is 0.335 e. The molecule has 1 aromatic rings. The molecule has 1 rings (SSSR count). The molecule has 0 saturated heterocycles. The SMILES string of the molecule is CCC(C)NC(=O)Nc1ncccn1. The van der Waals surface area contributed by atoms with E-state index in [-0.39, 0.29) is 12.1 Å². The summed E-state index contributed by atoms with van der Waals surface area (Å²) in [6.45, 7) is 3.94. The molecule has 5 nitrogen and oxygen atoms in total. The monoisotopic (exact) mass is 194 g/mol. The van der Waals surface area contributed by atoms with Crippen LogP contribution in [0.2, 0.25) is 0 Å². The summed E-state index contributed by atoms with van der Waals surface area (Å²) in [5.41, 5.74) is 0. The van der Waals surface area contributed by atoms with Crippen molar-refractivity contribution in [1.29, 1.82) is 0 Å². The average molecular weight is 194 g/mol. The maximum atomic E-state index is 11.3. The third kappa shape index (κ3) is 3.38. The summed E-state index contributed by atoms with van der Waals surface area (Å²) in [6.07, 6.45) is 4.04. The van der Waals surface area contributed by atoms with Crippen LogP contribution in [0, 0.1) is 0 Å². The summed E-state index contributed by atoms with van der Waals surface area (Å²) >= 11 is 0. The number of nitrogens with zero attached hydrogens (tertiary/aromatic N) is 2. The number of carbonyl (C=O) groups excluding carboxylic acids is 1. The van der Waals surface area contributed by atoms with Gasteiger partial charge in [0, 0.05) is 18.4 Å². The molecule has 0 saturated carbocycles. The Hall–Kier alpha value is -1.65. The molecule has 0 aliphatic rings. The maximum absolute atomic E-state index is 11.3. The van der Waals surface area contributed by atoms with E-state index in [2.05, 4.69) is 20.6 Å². The lowest BCUT2D eigenvalue weighted by atomic mass is 10.3. The minimum atomic E-state index is -0.273. The maximum Gasteiger partial charge on any atom is 0.321 e. The molecule has 0 bridgehead atoms. The molecule has 1 aromatic heterocycles. The molecule has 1 unspecified atom stereocenters. The topological polar surface area (TPSA) is 66.9 Å². The molecular weight excluding hydrogens is 180 g/mol. The molecule has 0 aliphatic heterocycles. The zero-order chi connectivity index (χ0) is 10.4. The van der Waals surface area contributed by atoms with Gasteiger partial charge in [0.2, 0.25) is 5.95 Å². The predicted octanol–water partition coefficient (Wildman–Crippen LogP) is 1.40. The number of rotatable bonds is 3. The molecule has 76 valence electrons. The number of urea groups is 1. The minimum absolute atomic E-state index is 0.152. The Morgan fingerprint density at radius 2 is 2.14 bits per heavy atom. The Morgan fingerprint density at radius 1 is 1.50 bits per heavy atom. The second-order valence-corrected chi connectivity index (χ2v) is 2.98. The van der Waals surface area contributed by atoms with Gasteiger partial charge >= 0.3 is 6.03 Å². The fraction of sp³-hybridized carbons (Fsp3) is 0.444. The minimum Gasteiger partial charge on any atom is -0.335 e. The second kappa shape index (κ2) is 5.16. The molecule has 0 radical (unpaired) electrons.